The van der Waals surface area contributed by atoms with Crippen molar-refractivity contribution >= 4 is 63.8 Å². The number of halogens is 2. The standard InChI is InChI=1S/C26H20Cl2N2O5S/c27-18-7-9-19(10-8-18)29-24(31)16-35-20-11-5-17(6-12-20)15-23-25(32)30(26(33)36-23)13-14-34-22-4-2-1-3-21(22)28/h1-12,15H,13-14,16H2,(H,29,31)/b23-15-. The predicted octanol–water partition coefficient (Wildman–Crippen LogP) is 6.13. The molecule has 0 spiro atoms. The Labute approximate surface area is 222 Å². The maximum Gasteiger partial charge on any atom is 0.293 e. The number of para-hydroxylation sites is 1. The molecule has 10 heteroatoms. The van der Waals surface area contributed by atoms with Gasteiger partial charge in [-0.05, 0) is 71.9 Å². The van der Waals surface area contributed by atoms with Crippen LogP contribution in [0.5, 0.6) is 11.5 Å². The van der Waals surface area contributed by atoms with Crippen molar-refractivity contribution < 1.29 is 23.9 Å². The highest BCUT2D eigenvalue weighted by atomic mass is 35.5. The number of imide groups is 1. The second-order valence-corrected chi connectivity index (χ2v) is 9.36. The van der Waals surface area contributed by atoms with Gasteiger partial charge in [0.1, 0.15) is 18.1 Å². The zero-order valence-electron chi connectivity index (χ0n) is 18.8. The van der Waals surface area contributed by atoms with Crippen LogP contribution in [0.4, 0.5) is 10.5 Å². The number of ether oxygens (including phenoxy) is 2. The first-order valence-electron chi connectivity index (χ1n) is 10.8. The van der Waals surface area contributed by atoms with Crippen LogP contribution in [0.2, 0.25) is 10.0 Å². The van der Waals surface area contributed by atoms with Gasteiger partial charge in [0.15, 0.2) is 6.61 Å². The molecule has 7 nitrogen and oxygen atoms in total. The van der Waals surface area contributed by atoms with E-state index < -0.39 is 0 Å². The van der Waals surface area contributed by atoms with E-state index in [0.29, 0.717) is 37.7 Å². The molecule has 1 N–H and O–H groups in total. The van der Waals surface area contributed by atoms with Crippen molar-refractivity contribution in [1.29, 1.82) is 0 Å². The number of hydrogen-bond acceptors (Lipinski definition) is 6. The zero-order valence-corrected chi connectivity index (χ0v) is 21.1. The molecule has 3 aromatic carbocycles. The zero-order chi connectivity index (χ0) is 25.5. The topological polar surface area (TPSA) is 84.9 Å². The molecule has 4 rings (SSSR count). The number of rotatable bonds is 9. The van der Waals surface area contributed by atoms with Gasteiger partial charge in [-0.1, -0.05) is 47.5 Å². The molecule has 184 valence electrons. The number of nitrogens with zero attached hydrogens (tertiary/aromatic N) is 1. The van der Waals surface area contributed by atoms with E-state index in [1.807, 2.05) is 0 Å². The summed E-state index contributed by atoms with van der Waals surface area (Å²) in [5, 5.41) is 3.39. The average Bonchev–Trinajstić information content (AvgIpc) is 3.13. The Bertz CT molecular complexity index is 1300. The average molecular weight is 543 g/mol. The Kier molecular flexibility index (Phi) is 8.53. The van der Waals surface area contributed by atoms with E-state index in [1.54, 1.807) is 78.9 Å². The molecule has 0 unspecified atom stereocenters. The number of nitrogens with one attached hydrogen (secondary N) is 1. The Morgan fingerprint density at radius 2 is 1.67 bits per heavy atom. The maximum absolute atomic E-state index is 12.7. The predicted molar refractivity (Wildman–Crippen MR) is 142 cm³/mol. The number of anilines is 1. The fourth-order valence-electron chi connectivity index (χ4n) is 3.19. The van der Waals surface area contributed by atoms with E-state index in [2.05, 4.69) is 5.32 Å². The van der Waals surface area contributed by atoms with Gasteiger partial charge in [0, 0.05) is 10.7 Å². The van der Waals surface area contributed by atoms with Crippen molar-refractivity contribution in [2.75, 3.05) is 25.1 Å². The second kappa shape index (κ2) is 12.0. The van der Waals surface area contributed by atoms with Gasteiger partial charge in [-0.15, -0.1) is 0 Å². The minimum Gasteiger partial charge on any atom is -0.490 e. The summed E-state index contributed by atoms with van der Waals surface area (Å²) in [7, 11) is 0. The Balaban J connectivity index is 1.28. The van der Waals surface area contributed by atoms with Crippen LogP contribution in [0.25, 0.3) is 6.08 Å². The molecule has 1 saturated heterocycles. The molecular formula is C26H20Cl2N2O5S. The van der Waals surface area contributed by atoms with Crippen molar-refractivity contribution in [3.63, 3.8) is 0 Å². The Hall–Kier alpha value is -3.46. The van der Waals surface area contributed by atoms with Crippen LogP contribution in [0.3, 0.4) is 0 Å². The van der Waals surface area contributed by atoms with E-state index in [-0.39, 0.29) is 36.8 Å². The lowest BCUT2D eigenvalue weighted by molar-refractivity contribution is -0.123. The largest absolute Gasteiger partial charge is 0.490 e. The number of carbonyl (C=O) groups excluding carboxylic acids is 3. The summed E-state index contributed by atoms with van der Waals surface area (Å²) in [6, 6.07) is 20.6. The molecule has 0 bridgehead atoms. The van der Waals surface area contributed by atoms with Crippen LogP contribution in [0.1, 0.15) is 5.56 Å². The van der Waals surface area contributed by atoms with Crippen molar-refractivity contribution in [3.05, 3.63) is 93.3 Å². The SMILES string of the molecule is O=C(COc1ccc(/C=C2\SC(=O)N(CCOc3ccccc3Cl)C2=O)cc1)Nc1ccc(Cl)cc1. The van der Waals surface area contributed by atoms with Gasteiger partial charge in [0.2, 0.25) is 0 Å². The molecule has 1 aliphatic heterocycles. The lowest BCUT2D eigenvalue weighted by atomic mass is 10.2. The third-order valence-corrected chi connectivity index (χ3v) is 6.43. The van der Waals surface area contributed by atoms with Crippen molar-refractivity contribution in [2.24, 2.45) is 0 Å². The summed E-state index contributed by atoms with van der Waals surface area (Å²) in [5.74, 6) is 0.287. The third kappa shape index (κ3) is 6.81. The summed E-state index contributed by atoms with van der Waals surface area (Å²) in [4.78, 5) is 38.6. The first-order chi connectivity index (χ1) is 17.4. The number of benzene rings is 3. The molecular weight excluding hydrogens is 523 g/mol. The first kappa shape index (κ1) is 25.6. The van der Waals surface area contributed by atoms with Crippen LogP contribution in [-0.2, 0) is 9.59 Å². The molecule has 1 heterocycles. The summed E-state index contributed by atoms with van der Waals surface area (Å²) in [6.07, 6.45) is 1.64. The summed E-state index contributed by atoms with van der Waals surface area (Å²) in [6.45, 7) is 0.0713. The smallest absolute Gasteiger partial charge is 0.293 e. The molecule has 1 fully saturated rings. The fraction of sp³-hybridized carbons (Fsp3) is 0.115. The normalized spacial score (nSPS) is 14.3. The number of carbonyl (C=O) groups is 3. The summed E-state index contributed by atoms with van der Waals surface area (Å²) >= 11 is 12.8. The minimum absolute atomic E-state index is 0.109. The summed E-state index contributed by atoms with van der Waals surface area (Å²) in [5.41, 5.74) is 1.33. The van der Waals surface area contributed by atoms with Gasteiger partial charge >= 0.3 is 0 Å². The van der Waals surface area contributed by atoms with E-state index >= 15 is 0 Å². The molecule has 3 amide bonds. The van der Waals surface area contributed by atoms with Gasteiger partial charge in [-0.2, -0.15) is 0 Å². The Morgan fingerprint density at radius 1 is 0.944 bits per heavy atom. The quantitative estimate of drug-likeness (QED) is 0.327. The van der Waals surface area contributed by atoms with Gasteiger partial charge in [-0.25, -0.2) is 0 Å². The van der Waals surface area contributed by atoms with Crippen LogP contribution < -0.4 is 14.8 Å². The van der Waals surface area contributed by atoms with Crippen molar-refractivity contribution in [1.82, 2.24) is 4.90 Å². The number of amides is 3. The highest BCUT2D eigenvalue weighted by Crippen LogP contribution is 2.32. The number of hydrogen-bond donors (Lipinski definition) is 1. The van der Waals surface area contributed by atoms with Gasteiger partial charge in [0.25, 0.3) is 17.1 Å². The highest BCUT2D eigenvalue weighted by molar-refractivity contribution is 8.18. The molecule has 0 radical (unpaired) electrons. The van der Waals surface area contributed by atoms with E-state index in [4.69, 9.17) is 32.7 Å². The monoisotopic (exact) mass is 542 g/mol. The first-order valence-corrected chi connectivity index (χ1v) is 12.4. The maximum atomic E-state index is 12.7. The van der Waals surface area contributed by atoms with Crippen LogP contribution in [0.15, 0.2) is 77.7 Å². The lowest BCUT2D eigenvalue weighted by Crippen LogP contribution is -2.32. The van der Waals surface area contributed by atoms with Crippen molar-refractivity contribution in [3.8, 4) is 11.5 Å². The molecule has 3 aromatic rings. The molecule has 1 aliphatic rings. The van der Waals surface area contributed by atoms with Gasteiger partial charge in [-0.3, -0.25) is 19.3 Å². The molecule has 0 saturated carbocycles. The third-order valence-electron chi connectivity index (χ3n) is 4.96. The van der Waals surface area contributed by atoms with Crippen LogP contribution >= 0.6 is 35.0 Å². The molecule has 0 aliphatic carbocycles. The fourth-order valence-corrected chi connectivity index (χ4v) is 4.37. The van der Waals surface area contributed by atoms with Gasteiger partial charge in [0.05, 0.1) is 16.5 Å². The molecule has 0 aromatic heterocycles. The molecule has 0 atom stereocenters. The van der Waals surface area contributed by atoms with E-state index in [0.717, 1.165) is 16.7 Å². The van der Waals surface area contributed by atoms with Crippen LogP contribution in [0, 0.1) is 0 Å². The van der Waals surface area contributed by atoms with E-state index in [9.17, 15) is 14.4 Å². The highest BCUT2D eigenvalue weighted by Gasteiger charge is 2.34. The lowest BCUT2D eigenvalue weighted by Gasteiger charge is -2.13. The van der Waals surface area contributed by atoms with Gasteiger partial charge < -0.3 is 14.8 Å². The molecule has 36 heavy (non-hydrogen) atoms. The van der Waals surface area contributed by atoms with Crippen molar-refractivity contribution in [2.45, 2.75) is 0 Å². The van der Waals surface area contributed by atoms with Crippen LogP contribution in [-0.4, -0.2) is 41.7 Å². The van der Waals surface area contributed by atoms with E-state index in [1.165, 1.54) is 0 Å². The second-order valence-electron chi connectivity index (χ2n) is 7.53. The Morgan fingerprint density at radius 3 is 2.39 bits per heavy atom. The summed E-state index contributed by atoms with van der Waals surface area (Å²) < 4.78 is 11.1. The minimum atomic E-state index is -0.382. The number of thioether (sulfide) groups is 1.